The third-order valence-electron chi connectivity index (χ3n) is 2.84. The highest BCUT2D eigenvalue weighted by molar-refractivity contribution is 5.92. The van der Waals surface area contributed by atoms with E-state index in [-0.39, 0.29) is 5.70 Å². The average Bonchev–Trinajstić information content (AvgIpc) is 2.77. The highest BCUT2D eigenvalue weighted by Gasteiger charge is 2.22. The molecule has 0 aliphatic heterocycles. The second-order valence-corrected chi connectivity index (χ2v) is 5.74. The van der Waals surface area contributed by atoms with E-state index in [9.17, 15) is 9.59 Å². The van der Waals surface area contributed by atoms with Gasteiger partial charge in [0.25, 0.3) is 0 Å². The van der Waals surface area contributed by atoms with E-state index in [1.54, 1.807) is 26.8 Å². The largest absolute Gasteiger partial charge is 0.464 e. The zero-order chi connectivity index (χ0) is 14.5. The highest BCUT2D eigenvalue weighted by atomic mass is 16.6. The number of ether oxygens (including phenoxy) is 2. The van der Waals surface area contributed by atoms with Gasteiger partial charge in [-0.15, -0.1) is 0 Å². The Hall–Kier alpha value is -1.52. The lowest BCUT2D eigenvalue weighted by atomic mass is 10.1. The first-order valence-electron chi connectivity index (χ1n) is 6.62. The van der Waals surface area contributed by atoms with Crippen molar-refractivity contribution in [3.63, 3.8) is 0 Å². The van der Waals surface area contributed by atoms with E-state index in [0.717, 1.165) is 25.7 Å². The zero-order valence-corrected chi connectivity index (χ0v) is 12.1. The maximum atomic E-state index is 11.7. The summed E-state index contributed by atoms with van der Waals surface area (Å²) in [6.45, 7) is 5.31. The number of rotatable bonds is 3. The fraction of sp³-hybridized carbons (Fsp3) is 0.714. The average molecular weight is 269 g/mol. The van der Waals surface area contributed by atoms with Crippen LogP contribution in [0.15, 0.2) is 11.8 Å². The Labute approximate surface area is 114 Å². The third-order valence-corrected chi connectivity index (χ3v) is 2.84. The topological polar surface area (TPSA) is 64.6 Å². The van der Waals surface area contributed by atoms with Crippen molar-refractivity contribution in [2.45, 2.75) is 52.1 Å². The van der Waals surface area contributed by atoms with Crippen LogP contribution in [0, 0.1) is 5.92 Å². The molecule has 0 spiro atoms. The second kappa shape index (κ2) is 6.59. The van der Waals surface area contributed by atoms with Gasteiger partial charge in [0, 0.05) is 0 Å². The van der Waals surface area contributed by atoms with Crippen LogP contribution in [0.2, 0.25) is 0 Å². The SMILES string of the molecule is COC(=O)/C(=C/C1CCCC1)NC(=O)OC(C)(C)C. The first-order valence-corrected chi connectivity index (χ1v) is 6.62. The number of allylic oxidation sites excluding steroid dienone is 1. The van der Waals surface area contributed by atoms with E-state index in [0.29, 0.717) is 5.92 Å². The number of hydrogen-bond donors (Lipinski definition) is 1. The molecule has 0 saturated heterocycles. The van der Waals surface area contributed by atoms with Crippen molar-refractivity contribution in [1.82, 2.24) is 5.32 Å². The minimum Gasteiger partial charge on any atom is -0.464 e. The smallest absolute Gasteiger partial charge is 0.412 e. The van der Waals surface area contributed by atoms with Crippen molar-refractivity contribution in [1.29, 1.82) is 0 Å². The summed E-state index contributed by atoms with van der Waals surface area (Å²) in [6.07, 6.45) is 5.53. The Bertz CT molecular complexity index is 362. The number of hydrogen-bond acceptors (Lipinski definition) is 4. The molecule has 1 rings (SSSR count). The van der Waals surface area contributed by atoms with Crippen molar-refractivity contribution in [3.05, 3.63) is 11.8 Å². The summed E-state index contributed by atoms with van der Waals surface area (Å²) >= 11 is 0. The van der Waals surface area contributed by atoms with Crippen LogP contribution in [0.3, 0.4) is 0 Å². The van der Waals surface area contributed by atoms with Gasteiger partial charge in [-0.25, -0.2) is 9.59 Å². The van der Waals surface area contributed by atoms with E-state index in [4.69, 9.17) is 4.74 Å². The standard InChI is InChI=1S/C14H23NO4/c1-14(2,3)19-13(17)15-11(12(16)18-4)9-10-7-5-6-8-10/h9-10H,5-8H2,1-4H3,(H,15,17)/b11-9-. The van der Waals surface area contributed by atoms with Gasteiger partial charge < -0.3 is 9.47 Å². The molecule has 1 fully saturated rings. The number of methoxy groups -OCH3 is 1. The predicted octanol–water partition coefficient (Wildman–Crippen LogP) is 2.76. The van der Waals surface area contributed by atoms with Gasteiger partial charge in [0.2, 0.25) is 0 Å². The zero-order valence-electron chi connectivity index (χ0n) is 12.1. The molecular weight excluding hydrogens is 246 g/mol. The molecule has 0 aromatic heterocycles. The first-order chi connectivity index (χ1) is 8.81. The van der Waals surface area contributed by atoms with E-state index in [2.05, 4.69) is 10.1 Å². The maximum absolute atomic E-state index is 11.7. The van der Waals surface area contributed by atoms with E-state index < -0.39 is 17.7 Å². The molecule has 5 heteroatoms. The van der Waals surface area contributed by atoms with Crippen LogP contribution in [-0.2, 0) is 14.3 Å². The molecule has 19 heavy (non-hydrogen) atoms. The molecule has 1 amide bonds. The van der Waals surface area contributed by atoms with Crippen molar-refractivity contribution in [2.24, 2.45) is 5.92 Å². The van der Waals surface area contributed by atoms with Crippen molar-refractivity contribution < 1.29 is 19.1 Å². The molecule has 0 aromatic rings. The summed E-state index contributed by atoms with van der Waals surface area (Å²) in [5, 5.41) is 2.48. The normalized spacial score (nSPS) is 17.2. The molecule has 0 heterocycles. The van der Waals surface area contributed by atoms with Crippen LogP contribution in [-0.4, -0.2) is 24.8 Å². The van der Waals surface area contributed by atoms with Gasteiger partial charge in [-0.05, 0) is 39.5 Å². The molecule has 0 atom stereocenters. The number of esters is 1. The lowest BCUT2D eigenvalue weighted by Gasteiger charge is -2.20. The molecule has 1 N–H and O–H groups in total. The Morgan fingerprint density at radius 3 is 2.26 bits per heavy atom. The van der Waals surface area contributed by atoms with Gasteiger partial charge in [0.15, 0.2) is 0 Å². The van der Waals surface area contributed by atoms with E-state index >= 15 is 0 Å². The first kappa shape index (κ1) is 15.5. The van der Waals surface area contributed by atoms with Crippen LogP contribution < -0.4 is 5.32 Å². The fourth-order valence-electron chi connectivity index (χ4n) is 2.04. The molecule has 1 saturated carbocycles. The molecule has 0 radical (unpaired) electrons. The number of nitrogens with one attached hydrogen (secondary N) is 1. The number of carbonyl (C=O) groups is 2. The molecule has 1 aliphatic carbocycles. The minimum absolute atomic E-state index is 0.170. The Morgan fingerprint density at radius 2 is 1.79 bits per heavy atom. The van der Waals surface area contributed by atoms with Crippen LogP contribution in [0.5, 0.6) is 0 Å². The molecule has 1 aliphatic rings. The van der Waals surface area contributed by atoms with Gasteiger partial charge in [0.05, 0.1) is 7.11 Å². The molecule has 0 aromatic carbocycles. The number of alkyl carbamates (subject to hydrolysis) is 1. The van der Waals surface area contributed by atoms with Crippen molar-refractivity contribution in [2.75, 3.05) is 7.11 Å². The lowest BCUT2D eigenvalue weighted by molar-refractivity contribution is -0.136. The summed E-state index contributed by atoms with van der Waals surface area (Å²) in [6, 6.07) is 0. The maximum Gasteiger partial charge on any atom is 0.412 e. The summed E-state index contributed by atoms with van der Waals surface area (Å²) in [5.74, 6) is -0.221. The summed E-state index contributed by atoms with van der Waals surface area (Å²) in [7, 11) is 1.29. The quantitative estimate of drug-likeness (QED) is 0.632. The van der Waals surface area contributed by atoms with Gasteiger partial charge >= 0.3 is 12.1 Å². The molecule has 0 bridgehead atoms. The van der Waals surface area contributed by atoms with Crippen LogP contribution >= 0.6 is 0 Å². The molecule has 5 nitrogen and oxygen atoms in total. The van der Waals surface area contributed by atoms with Crippen LogP contribution in [0.1, 0.15) is 46.5 Å². The Balaban J connectivity index is 2.69. The molecular formula is C14H23NO4. The number of carbonyl (C=O) groups excluding carboxylic acids is 2. The number of amides is 1. The molecule has 108 valence electrons. The fourth-order valence-corrected chi connectivity index (χ4v) is 2.04. The van der Waals surface area contributed by atoms with Crippen molar-refractivity contribution in [3.8, 4) is 0 Å². The Morgan fingerprint density at radius 1 is 1.21 bits per heavy atom. The Kier molecular flexibility index (Phi) is 5.39. The van der Waals surface area contributed by atoms with Gasteiger partial charge in [-0.1, -0.05) is 18.9 Å². The van der Waals surface area contributed by atoms with E-state index in [1.807, 2.05) is 0 Å². The minimum atomic E-state index is -0.637. The van der Waals surface area contributed by atoms with Crippen molar-refractivity contribution >= 4 is 12.1 Å². The predicted molar refractivity (Wildman–Crippen MR) is 71.4 cm³/mol. The lowest BCUT2D eigenvalue weighted by Crippen LogP contribution is -2.34. The monoisotopic (exact) mass is 269 g/mol. The van der Waals surface area contributed by atoms with Crippen LogP contribution in [0.25, 0.3) is 0 Å². The second-order valence-electron chi connectivity index (χ2n) is 5.74. The third kappa shape index (κ3) is 5.77. The summed E-state index contributed by atoms with van der Waals surface area (Å²) < 4.78 is 9.80. The van der Waals surface area contributed by atoms with Crippen LogP contribution in [0.4, 0.5) is 4.79 Å². The van der Waals surface area contributed by atoms with Gasteiger partial charge in [0.1, 0.15) is 11.3 Å². The summed E-state index contributed by atoms with van der Waals surface area (Å²) in [5.41, 5.74) is -0.428. The summed E-state index contributed by atoms with van der Waals surface area (Å²) in [4.78, 5) is 23.3. The van der Waals surface area contributed by atoms with Gasteiger partial charge in [-0.2, -0.15) is 0 Å². The van der Waals surface area contributed by atoms with Gasteiger partial charge in [-0.3, -0.25) is 5.32 Å². The highest BCUT2D eigenvalue weighted by Crippen LogP contribution is 2.26. The van der Waals surface area contributed by atoms with E-state index in [1.165, 1.54) is 7.11 Å². The molecule has 0 unspecified atom stereocenters.